The lowest BCUT2D eigenvalue weighted by atomic mass is 9.82. The van der Waals surface area contributed by atoms with E-state index in [9.17, 15) is 18.0 Å². The maximum atomic E-state index is 13.2. The van der Waals surface area contributed by atoms with Gasteiger partial charge in [-0.05, 0) is 74.1 Å². The third-order valence-electron chi connectivity index (χ3n) is 8.51. The van der Waals surface area contributed by atoms with Gasteiger partial charge >= 0.3 is 6.03 Å². The molecule has 0 unspecified atom stereocenters. The van der Waals surface area contributed by atoms with Crippen LogP contribution < -0.4 is 11.1 Å². The van der Waals surface area contributed by atoms with E-state index in [-0.39, 0.29) is 11.7 Å². The van der Waals surface area contributed by atoms with E-state index in [0.29, 0.717) is 44.8 Å². The maximum Gasteiger partial charge on any atom is 0.314 e. The molecule has 37 heavy (non-hydrogen) atoms. The van der Waals surface area contributed by atoms with Gasteiger partial charge in [0.15, 0.2) is 0 Å². The average molecular weight is 532 g/mol. The van der Waals surface area contributed by atoms with E-state index in [1.807, 2.05) is 26.0 Å². The molecule has 1 aliphatic carbocycles. The molecule has 1 aromatic rings. The molecule has 10 heteroatoms. The number of hydrogen-bond acceptors (Lipinski definition) is 5. The smallest absolute Gasteiger partial charge is 0.314 e. The number of amides is 3. The molecule has 204 valence electrons. The zero-order chi connectivity index (χ0) is 27.0. The fourth-order valence-corrected chi connectivity index (χ4v) is 7.48. The van der Waals surface area contributed by atoms with Crippen LogP contribution in [0.4, 0.5) is 4.79 Å². The van der Waals surface area contributed by atoms with Crippen LogP contribution in [0.1, 0.15) is 67.7 Å². The Morgan fingerprint density at radius 3 is 2.32 bits per heavy atom. The summed E-state index contributed by atoms with van der Waals surface area (Å²) in [7, 11) is -1.83. The number of amidine groups is 1. The summed E-state index contributed by atoms with van der Waals surface area (Å²) in [5, 5.41) is 3.05. The molecule has 2 heterocycles. The van der Waals surface area contributed by atoms with E-state index >= 15 is 0 Å². The Morgan fingerprint density at radius 2 is 1.76 bits per heavy atom. The second kappa shape index (κ2) is 10.7. The van der Waals surface area contributed by atoms with Gasteiger partial charge in [0.2, 0.25) is 10.0 Å². The van der Waals surface area contributed by atoms with E-state index < -0.39 is 21.6 Å². The molecule has 1 saturated carbocycles. The molecule has 2 fully saturated rings. The lowest BCUT2D eigenvalue weighted by Gasteiger charge is -2.34. The predicted octanol–water partition coefficient (Wildman–Crippen LogP) is 2.88. The summed E-state index contributed by atoms with van der Waals surface area (Å²) in [5.41, 5.74) is 8.49. The number of nitrogens with two attached hydrogens (primary N) is 1. The van der Waals surface area contributed by atoms with Crippen LogP contribution in [0.5, 0.6) is 0 Å². The molecule has 3 N–H and O–H groups in total. The van der Waals surface area contributed by atoms with Gasteiger partial charge < -0.3 is 16.0 Å². The first-order valence-corrected chi connectivity index (χ1v) is 15.0. The van der Waals surface area contributed by atoms with Gasteiger partial charge in [-0.2, -0.15) is 0 Å². The molecular weight excluding hydrogens is 490 g/mol. The number of benzene rings is 1. The van der Waals surface area contributed by atoms with Crippen molar-refractivity contribution in [3.8, 4) is 0 Å². The summed E-state index contributed by atoms with van der Waals surface area (Å²) < 4.78 is 28.0. The number of piperidine rings is 1. The van der Waals surface area contributed by atoms with Crippen LogP contribution in [-0.4, -0.2) is 66.8 Å². The quantitative estimate of drug-likeness (QED) is 0.561. The molecule has 4 rings (SSSR count). The van der Waals surface area contributed by atoms with Gasteiger partial charge in [-0.1, -0.05) is 31.9 Å². The zero-order valence-corrected chi connectivity index (χ0v) is 23.4. The van der Waals surface area contributed by atoms with Crippen LogP contribution in [0.3, 0.4) is 0 Å². The molecule has 0 aromatic heterocycles. The Hall–Kier alpha value is -2.46. The van der Waals surface area contributed by atoms with Crippen molar-refractivity contribution in [1.82, 2.24) is 14.5 Å². The molecule has 1 saturated heterocycles. The van der Waals surface area contributed by atoms with Gasteiger partial charge in [0, 0.05) is 32.6 Å². The largest absolute Gasteiger partial charge is 0.351 e. The lowest BCUT2D eigenvalue weighted by molar-refractivity contribution is -0.125. The molecule has 0 radical (unpaired) electrons. The van der Waals surface area contributed by atoms with Gasteiger partial charge in [0.1, 0.15) is 11.4 Å². The number of rotatable bonds is 7. The van der Waals surface area contributed by atoms with Gasteiger partial charge in [-0.25, -0.2) is 17.5 Å². The summed E-state index contributed by atoms with van der Waals surface area (Å²) in [6.45, 7) is 7.23. The van der Waals surface area contributed by atoms with Crippen LogP contribution in [0.15, 0.2) is 17.1 Å². The minimum Gasteiger partial charge on any atom is -0.351 e. The van der Waals surface area contributed by atoms with Crippen LogP contribution in [0.2, 0.25) is 0 Å². The number of carbonyl (C=O) groups excluding carboxylic acids is 2. The third-order valence-corrected chi connectivity index (χ3v) is 10.4. The van der Waals surface area contributed by atoms with E-state index in [1.54, 1.807) is 7.05 Å². The van der Waals surface area contributed by atoms with E-state index in [1.165, 1.54) is 9.21 Å². The van der Waals surface area contributed by atoms with Crippen molar-refractivity contribution in [2.75, 3.05) is 25.9 Å². The highest BCUT2D eigenvalue weighted by atomic mass is 32.2. The maximum absolute atomic E-state index is 13.2. The molecule has 0 atom stereocenters. The van der Waals surface area contributed by atoms with Crippen LogP contribution in [-0.2, 0) is 27.8 Å². The van der Waals surface area contributed by atoms with Gasteiger partial charge in [-0.3, -0.25) is 9.79 Å². The van der Waals surface area contributed by atoms with Crippen molar-refractivity contribution < 1.29 is 18.0 Å². The number of urea groups is 1. The Labute approximate surface area is 220 Å². The van der Waals surface area contributed by atoms with Crippen molar-refractivity contribution in [1.29, 1.82) is 0 Å². The zero-order valence-electron chi connectivity index (χ0n) is 22.5. The normalized spacial score (nSPS) is 24.1. The Balaban J connectivity index is 1.36. The highest BCUT2D eigenvalue weighted by Crippen LogP contribution is 2.36. The average Bonchev–Trinajstić information content (AvgIpc) is 3.14. The standard InChI is InChI=1S/C27H41N5O4S/c1-18-5-7-22(8-6-18)24-29-25(33)27(30-24)10-12-32(13-11-27)37(35,36)14-9-23-19(2)15-21(16-20(23)3)17-31(4)26(28)34/h15-16,18,22H,5-14,17H2,1-4H3,(H2,28,34)(H,29,30,33). The van der Waals surface area contributed by atoms with Crippen LogP contribution in [0.25, 0.3) is 0 Å². The fourth-order valence-electron chi connectivity index (χ4n) is 6.02. The highest BCUT2D eigenvalue weighted by Gasteiger charge is 2.48. The summed E-state index contributed by atoms with van der Waals surface area (Å²) in [4.78, 5) is 30.6. The van der Waals surface area contributed by atoms with E-state index in [2.05, 4.69) is 12.2 Å². The van der Waals surface area contributed by atoms with Crippen LogP contribution >= 0.6 is 0 Å². The van der Waals surface area contributed by atoms with Gasteiger partial charge in [0.25, 0.3) is 5.91 Å². The molecule has 3 aliphatic rings. The molecular formula is C27H41N5O4S. The number of nitrogens with one attached hydrogen (secondary N) is 1. The minimum atomic E-state index is -3.48. The SMILES string of the molecule is Cc1cc(CN(C)C(N)=O)cc(C)c1CCS(=O)(=O)N1CCC2(CC1)N=C(C1CCC(C)CC1)NC2=O. The highest BCUT2D eigenvalue weighted by molar-refractivity contribution is 7.89. The Kier molecular flexibility index (Phi) is 7.99. The monoisotopic (exact) mass is 531 g/mol. The molecule has 1 spiro atoms. The third kappa shape index (κ3) is 6.00. The Morgan fingerprint density at radius 1 is 1.16 bits per heavy atom. The van der Waals surface area contributed by atoms with Crippen molar-refractivity contribution >= 4 is 27.8 Å². The topological polar surface area (TPSA) is 125 Å². The summed E-state index contributed by atoms with van der Waals surface area (Å²) in [6.07, 6.45) is 5.68. The van der Waals surface area contributed by atoms with E-state index in [0.717, 1.165) is 59.7 Å². The number of carbonyl (C=O) groups is 2. The molecule has 0 bridgehead atoms. The summed E-state index contributed by atoms with van der Waals surface area (Å²) in [5.74, 6) is 1.82. The molecule has 2 aliphatic heterocycles. The molecule has 1 aromatic carbocycles. The number of nitrogens with zero attached hydrogens (tertiary/aromatic N) is 3. The fraction of sp³-hybridized carbons (Fsp3) is 0.667. The first-order valence-electron chi connectivity index (χ1n) is 13.4. The number of primary amides is 1. The number of aliphatic imine (C=N–C) groups is 1. The number of sulfonamides is 1. The lowest BCUT2D eigenvalue weighted by Crippen LogP contribution is -2.51. The van der Waals surface area contributed by atoms with Crippen molar-refractivity contribution in [3.63, 3.8) is 0 Å². The van der Waals surface area contributed by atoms with Gasteiger partial charge in [0.05, 0.1) is 5.75 Å². The van der Waals surface area contributed by atoms with Crippen molar-refractivity contribution in [2.24, 2.45) is 22.6 Å². The second-order valence-electron chi connectivity index (χ2n) is 11.3. The summed E-state index contributed by atoms with van der Waals surface area (Å²) in [6, 6.07) is 3.48. The minimum absolute atomic E-state index is 0.0171. The summed E-state index contributed by atoms with van der Waals surface area (Å²) >= 11 is 0. The second-order valence-corrected chi connectivity index (χ2v) is 13.4. The van der Waals surface area contributed by atoms with E-state index in [4.69, 9.17) is 10.7 Å². The Bertz CT molecular complexity index is 1160. The predicted molar refractivity (Wildman–Crippen MR) is 145 cm³/mol. The first kappa shape index (κ1) is 27.6. The van der Waals surface area contributed by atoms with Gasteiger partial charge in [-0.15, -0.1) is 0 Å². The van der Waals surface area contributed by atoms with Crippen molar-refractivity contribution in [2.45, 2.75) is 77.8 Å². The number of hydrogen-bond donors (Lipinski definition) is 2. The first-order chi connectivity index (χ1) is 17.4. The van der Waals surface area contributed by atoms with Crippen molar-refractivity contribution in [3.05, 3.63) is 34.4 Å². The van der Waals surface area contributed by atoms with Crippen LogP contribution in [0, 0.1) is 25.7 Å². The number of aryl methyl sites for hydroxylation is 2. The molecule has 9 nitrogen and oxygen atoms in total. The molecule has 3 amide bonds.